The number of rotatable bonds is 7. The van der Waals surface area contributed by atoms with Crippen molar-refractivity contribution in [3.63, 3.8) is 0 Å². The van der Waals surface area contributed by atoms with Crippen molar-refractivity contribution in [3.05, 3.63) is 63.7 Å². The van der Waals surface area contributed by atoms with E-state index in [0.29, 0.717) is 12.8 Å². The zero-order chi connectivity index (χ0) is 19.3. The topological polar surface area (TPSA) is 95.7 Å². The van der Waals surface area contributed by atoms with Gasteiger partial charge in [-0.15, -0.1) is 11.3 Å². The summed E-state index contributed by atoms with van der Waals surface area (Å²) in [7, 11) is -3.69. The third-order valence-corrected chi connectivity index (χ3v) is 6.45. The van der Waals surface area contributed by atoms with Crippen molar-refractivity contribution in [2.75, 3.05) is 6.54 Å². The van der Waals surface area contributed by atoms with Crippen LogP contribution in [-0.2, 0) is 16.4 Å². The van der Waals surface area contributed by atoms with Crippen LogP contribution in [0.1, 0.15) is 17.0 Å². The third kappa shape index (κ3) is 4.90. The van der Waals surface area contributed by atoms with E-state index in [2.05, 4.69) is 14.7 Å². The molecular weight excluding hydrogens is 404 g/mol. The molecule has 3 aromatic rings. The number of nitriles is 1. The van der Waals surface area contributed by atoms with Gasteiger partial charge in [-0.25, -0.2) is 18.1 Å². The van der Waals surface area contributed by atoms with Crippen molar-refractivity contribution in [3.8, 4) is 17.3 Å². The smallest absolute Gasteiger partial charge is 0.240 e. The van der Waals surface area contributed by atoms with Crippen LogP contribution in [0.25, 0.3) is 11.3 Å². The Hall–Kier alpha value is -2.31. The molecule has 0 bridgehead atoms. The van der Waals surface area contributed by atoms with E-state index in [0.717, 1.165) is 16.3 Å². The molecule has 0 fully saturated rings. The molecule has 0 spiro atoms. The fourth-order valence-corrected chi connectivity index (χ4v) is 4.48. The molecule has 6 nitrogen and oxygen atoms in total. The van der Waals surface area contributed by atoms with Gasteiger partial charge in [0.1, 0.15) is 6.07 Å². The number of nitrogens with one attached hydrogen (secondary N) is 1. The third-order valence-electron chi connectivity index (χ3n) is 3.76. The summed E-state index contributed by atoms with van der Waals surface area (Å²) in [5, 5.41) is 12.1. The molecule has 9 heteroatoms. The van der Waals surface area contributed by atoms with Gasteiger partial charge in [-0.05, 0) is 36.8 Å². The number of hydrogen-bond acceptors (Lipinski definition) is 6. The van der Waals surface area contributed by atoms with Crippen LogP contribution in [0.4, 0.5) is 0 Å². The Balaban J connectivity index is 1.56. The van der Waals surface area contributed by atoms with Crippen molar-refractivity contribution in [2.24, 2.45) is 0 Å². The number of nitrogens with zero attached hydrogens (tertiary/aromatic N) is 3. The summed E-state index contributed by atoms with van der Waals surface area (Å²) < 4.78 is 27.2. The van der Waals surface area contributed by atoms with Gasteiger partial charge in [0, 0.05) is 36.3 Å². The number of hydrogen-bond donors (Lipinski definition) is 1. The van der Waals surface area contributed by atoms with Crippen molar-refractivity contribution in [1.82, 2.24) is 14.7 Å². The van der Waals surface area contributed by atoms with Gasteiger partial charge in [-0.1, -0.05) is 11.6 Å². The predicted molar refractivity (Wildman–Crippen MR) is 105 cm³/mol. The van der Waals surface area contributed by atoms with Crippen LogP contribution in [0.5, 0.6) is 0 Å². The minimum atomic E-state index is -3.69. The van der Waals surface area contributed by atoms with Crippen LogP contribution in [0.2, 0.25) is 5.02 Å². The van der Waals surface area contributed by atoms with Crippen molar-refractivity contribution < 1.29 is 8.42 Å². The zero-order valence-electron chi connectivity index (χ0n) is 14.1. The Morgan fingerprint density at radius 3 is 2.74 bits per heavy atom. The van der Waals surface area contributed by atoms with Crippen molar-refractivity contribution in [2.45, 2.75) is 17.7 Å². The first kappa shape index (κ1) is 19.5. The minimum Gasteiger partial charge on any atom is -0.265 e. The maximum absolute atomic E-state index is 12.3. The Labute approximate surface area is 166 Å². The highest BCUT2D eigenvalue weighted by Crippen LogP contribution is 2.22. The molecule has 0 unspecified atom stereocenters. The van der Waals surface area contributed by atoms with Gasteiger partial charge < -0.3 is 0 Å². The first-order chi connectivity index (χ1) is 13.0. The molecule has 0 saturated heterocycles. The van der Waals surface area contributed by atoms with Crippen LogP contribution in [0, 0.1) is 11.3 Å². The van der Waals surface area contributed by atoms with E-state index in [-0.39, 0.29) is 22.0 Å². The van der Waals surface area contributed by atoms with Crippen molar-refractivity contribution in [1.29, 1.82) is 5.26 Å². The van der Waals surface area contributed by atoms with E-state index >= 15 is 0 Å². The molecule has 0 aliphatic rings. The molecule has 3 rings (SSSR count). The highest BCUT2D eigenvalue weighted by Gasteiger charge is 2.15. The van der Waals surface area contributed by atoms with Gasteiger partial charge in [0.2, 0.25) is 10.0 Å². The van der Waals surface area contributed by atoms with Crippen LogP contribution < -0.4 is 4.72 Å². The Morgan fingerprint density at radius 1 is 1.22 bits per heavy atom. The van der Waals surface area contributed by atoms with Crippen molar-refractivity contribution >= 4 is 33.0 Å². The van der Waals surface area contributed by atoms with E-state index < -0.39 is 10.0 Å². The van der Waals surface area contributed by atoms with Gasteiger partial charge >= 0.3 is 0 Å². The fourth-order valence-electron chi connectivity index (χ4n) is 2.37. The highest BCUT2D eigenvalue weighted by molar-refractivity contribution is 7.89. The number of aryl methyl sites for hydroxylation is 1. The van der Waals surface area contributed by atoms with E-state index in [1.54, 1.807) is 23.7 Å². The van der Waals surface area contributed by atoms with Gasteiger partial charge in [0.05, 0.1) is 26.2 Å². The van der Waals surface area contributed by atoms with Gasteiger partial charge in [0.25, 0.3) is 0 Å². The molecule has 0 atom stereocenters. The molecule has 1 aromatic carbocycles. The number of pyridine rings is 1. The summed E-state index contributed by atoms with van der Waals surface area (Å²) in [6, 6.07) is 9.73. The molecule has 0 amide bonds. The summed E-state index contributed by atoms with van der Waals surface area (Å²) in [5.41, 5.74) is 2.03. The standard InChI is InChI=1S/C18H15ClN4O2S2/c19-16-4-3-15(10-14(16)11-20)27(24,25)22-7-1-2-18-23-17(12-26-18)13-5-8-21-9-6-13/h3-6,8-10,12,22H,1-2,7H2. The average molecular weight is 419 g/mol. The Kier molecular flexibility index (Phi) is 6.19. The lowest BCUT2D eigenvalue weighted by molar-refractivity contribution is 0.579. The molecule has 2 heterocycles. The minimum absolute atomic E-state index is 0.0256. The molecule has 0 saturated carbocycles. The molecule has 0 radical (unpaired) electrons. The number of sulfonamides is 1. The molecule has 27 heavy (non-hydrogen) atoms. The predicted octanol–water partition coefficient (Wildman–Crippen LogP) is 3.64. The van der Waals surface area contributed by atoms with Gasteiger partial charge in [0.15, 0.2) is 0 Å². The normalized spacial score (nSPS) is 11.3. The molecule has 0 aliphatic carbocycles. The Morgan fingerprint density at radius 2 is 2.00 bits per heavy atom. The monoisotopic (exact) mass is 418 g/mol. The summed E-state index contributed by atoms with van der Waals surface area (Å²) in [5.74, 6) is 0. The summed E-state index contributed by atoms with van der Waals surface area (Å²) >= 11 is 7.39. The number of benzene rings is 1. The number of thiazole rings is 1. The van der Waals surface area contributed by atoms with E-state index in [9.17, 15) is 8.42 Å². The summed E-state index contributed by atoms with van der Waals surface area (Å²) in [4.78, 5) is 8.58. The van der Waals surface area contributed by atoms with Gasteiger partial charge in [-0.3, -0.25) is 4.98 Å². The SMILES string of the molecule is N#Cc1cc(S(=O)(=O)NCCCc2nc(-c3ccncc3)cs2)ccc1Cl. The lowest BCUT2D eigenvalue weighted by atomic mass is 10.2. The second-order valence-corrected chi connectivity index (χ2v) is 8.73. The maximum atomic E-state index is 12.3. The average Bonchev–Trinajstić information content (AvgIpc) is 3.15. The van der Waals surface area contributed by atoms with Crippen LogP contribution in [0.3, 0.4) is 0 Å². The second-order valence-electron chi connectivity index (χ2n) is 5.62. The molecule has 138 valence electrons. The Bertz CT molecular complexity index is 1080. The zero-order valence-corrected chi connectivity index (χ0v) is 16.5. The lowest BCUT2D eigenvalue weighted by Gasteiger charge is -2.07. The molecular formula is C18H15ClN4O2S2. The molecule has 1 N–H and O–H groups in total. The quantitative estimate of drug-likeness (QED) is 0.591. The van der Waals surface area contributed by atoms with Crippen LogP contribution >= 0.6 is 22.9 Å². The fraction of sp³-hybridized carbons (Fsp3) is 0.167. The van der Waals surface area contributed by atoms with E-state index in [1.807, 2.05) is 23.6 Å². The first-order valence-electron chi connectivity index (χ1n) is 8.04. The highest BCUT2D eigenvalue weighted by atomic mass is 35.5. The second kappa shape index (κ2) is 8.59. The summed E-state index contributed by atoms with van der Waals surface area (Å²) in [6.07, 6.45) is 4.72. The number of aromatic nitrogens is 2. The lowest BCUT2D eigenvalue weighted by Crippen LogP contribution is -2.25. The summed E-state index contributed by atoms with van der Waals surface area (Å²) in [6.45, 7) is 0.275. The number of halogens is 1. The largest absolute Gasteiger partial charge is 0.265 e. The van der Waals surface area contributed by atoms with E-state index in [1.165, 1.54) is 18.2 Å². The first-order valence-corrected chi connectivity index (χ1v) is 10.8. The van der Waals surface area contributed by atoms with Crippen LogP contribution in [0.15, 0.2) is 53.0 Å². The maximum Gasteiger partial charge on any atom is 0.240 e. The molecule has 2 aromatic heterocycles. The van der Waals surface area contributed by atoms with Crippen LogP contribution in [-0.4, -0.2) is 24.9 Å². The van der Waals surface area contributed by atoms with Gasteiger partial charge in [-0.2, -0.15) is 5.26 Å². The van der Waals surface area contributed by atoms with E-state index in [4.69, 9.17) is 16.9 Å². The molecule has 0 aliphatic heterocycles.